The highest BCUT2D eigenvalue weighted by molar-refractivity contribution is 5.77. The zero-order valence-electron chi connectivity index (χ0n) is 6.49. The molecule has 1 aliphatic rings. The molecule has 5 N–H and O–H groups in total. The summed E-state index contributed by atoms with van der Waals surface area (Å²) in [6.07, 6.45) is 3.51. The lowest BCUT2D eigenvalue weighted by Gasteiger charge is -2.22. The SMILES string of the molecule is Nc1ccc2c(c1)NC=CN2N. The maximum atomic E-state index is 5.66. The summed E-state index contributed by atoms with van der Waals surface area (Å²) >= 11 is 0. The fraction of sp³-hybridized carbons (Fsp3) is 0. The van der Waals surface area contributed by atoms with Crippen LogP contribution in [-0.4, -0.2) is 0 Å². The number of nitrogens with two attached hydrogens (primary N) is 2. The molecule has 0 aromatic heterocycles. The van der Waals surface area contributed by atoms with Gasteiger partial charge >= 0.3 is 0 Å². The van der Waals surface area contributed by atoms with Gasteiger partial charge in [0.15, 0.2) is 0 Å². The van der Waals surface area contributed by atoms with Gasteiger partial charge in [-0.25, -0.2) is 5.84 Å². The van der Waals surface area contributed by atoms with Crippen LogP contribution in [0.5, 0.6) is 0 Å². The Labute approximate surface area is 70.4 Å². The largest absolute Gasteiger partial charge is 0.399 e. The highest BCUT2D eigenvalue weighted by Crippen LogP contribution is 2.28. The molecule has 12 heavy (non-hydrogen) atoms. The molecule has 4 nitrogen and oxygen atoms in total. The first-order valence-corrected chi connectivity index (χ1v) is 3.64. The molecule has 0 saturated heterocycles. The third-order valence-electron chi connectivity index (χ3n) is 1.77. The van der Waals surface area contributed by atoms with Gasteiger partial charge in [0.05, 0.1) is 11.4 Å². The summed E-state index contributed by atoms with van der Waals surface area (Å²) in [5.74, 6) is 5.66. The number of hydrogen-bond donors (Lipinski definition) is 3. The molecule has 1 heterocycles. The van der Waals surface area contributed by atoms with Gasteiger partial charge in [-0.2, -0.15) is 0 Å². The quantitative estimate of drug-likeness (QED) is 0.390. The van der Waals surface area contributed by atoms with Crippen LogP contribution in [0, 0.1) is 0 Å². The van der Waals surface area contributed by atoms with Crippen LogP contribution in [0.15, 0.2) is 30.6 Å². The van der Waals surface area contributed by atoms with Crippen molar-refractivity contribution in [2.45, 2.75) is 0 Å². The van der Waals surface area contributed by atoms with Gasteiger partial charge < -0.3 is 11.1 Å². The van der Waals surface area contributed by atoms with Crippen LogP contribution < -0.4 is 21.9 Å². The Morgan fingerprint density at radius 3 is 3.00 bits per heavy atom. The van der Waals surface area contributed by atoms with Gasteiger partial charge in [-0.1, -0.05) is 0 Å². The molecule has 0 aliphatic carbocycles. The Morgan fingerprint density at radius 1 is 1.33 bits per heavy atom. The first-order valence-electron chi connectivity index (χ1n) is 3.64. The molecule has 62 valence electrons. The lowest BCUT2D eigenvalue weighted by molar-refractivity contribution is 1.06. The Hall–Kier alpha value is -1.68. The van der Waals surface area contributed by atoms with Crippen molar-refractivity contribution in [3.8, 4) is 0 Å². The van der Waals surface area contributed by atoms with Crippen molar-refractivity contribution in [1.82, 2.24) is 0 Å². The van der Waals surface area contributed by atoms with Gasteiger partial charge in [0, 0.05) is 18.1 Å². The zero-order valence-corrected chi connectivity index (χ0v) is 6.49. The molecule has 1 aromatic carbocycles. The van der Waals surface area contributed by atoms with Gasteiger partial charge in [0.1, 0.15) is 0 Å². The predicted molar refractivity (Wildman–Crippen MR) is 50.3 cm³/mol. The highest BCUT2D eigenvalue weighted by atomic mass is 15.4. The Morgan fingerprint density at radius 2 is 2.17 bits per heavy atom. The Kier molecular flexibility index (Phi) is 1.41. The number of hydrazine groups is 1. The zero-order chi connectivity index (χ0) is 8.55. The number of fused-ring (bicyclic) bond motifs is 1. The summed E-state index contributed by atoms with van der Waals surface area (Å²) in [7, 11) is 0. The fourth-order valence-electron chi connectivity index (χ4n) is 1.18. The van der Waals surface area contributed by atoms with E-state index in [2.05, 4.69) is 5.32 Å². The monoisotopic (exact) mass is 162 g/mol. The topological polar surface area (TPSA) is 67.3 Å². The second-order valence-corrected chi connectivity index (χ2v) is 2.64. The molecule has 0 radical (unpaired) electrons. The lowest BCUT2D eigenvalue weighted by Crippen LogP contribution is -2.27. The van der Waals surface area contributed by atoms with Crippen molar-refractivity contribution >= 4 is 17.1 Å². The predicted octanol–water partition coefficient (Wildman–Crippen LogP) is 0.846. The van der Waals surface area contributed by atoms with E-state index in [1.54, 1.807) is 17.4 Å². The number of anilines is 3. The number of nitrogens with zero attached hydrogens (tertiary/aromatic N) is 1. The molecule has 0 saturated carbocycles. The third kappa shape index (κ3) is 0.981. The summed E-state index contributed by atoms with van der Waals surface area (Å²) in [5, 5.41) is 4.60. The Bertz CT molecular complexity index is 332. The number of benzene rings is 1. The van der Waals surface area contributed by atoms with Crippen LogP contribution in [-0.2, 0) is 0 Å². The molecule has 4 heteroatoms. The molecule has 0 unspecified atom stereocenters. The average Bonchev–Trinajstić information content (AvgIpc) is 2.04. The van der Waals surface area contributed by atoms with E-state index >= 15 is 0 Å². The van der Waals surface area contributed by atoms with Gasteiger partial charge in [0.2, 0.25) is 0 Å². The van der Waals surface area contributed by atoms with E-state index in [1.165, 1.54) is 0 Å². The average molecular weight is 162 g/mol. The molecule has 0 atom stereocenters. The lowest BCUT2D eigenvalue weighted by atomic mass is 10.2. The smallest absolute Gasteiger partial charge is 0.0805 e. The molecule has 0 fully saturated rings. The summed E-state index contributed by atoms with van der Waals surface area (Å²) in [4.78, 5) is 0. The number of nitrogen functional groups attached to an aromatic ring is 1. The van der Waals surface area contributed by atoms with Gasteiger partial charge in [-0.15, -0.1) is 0 Å². The Balaban J connectivity index is 2.51. The molecule has 1 aromatic rings. The van der Waals surface area contributed by atoms with Gasteiger partial charge in [-0.3, -0.25) is 5.01 Å². The normalized spacial score (nSPS) is 13.9. The molecular weight excluding hydrogens is 152 g/mol. The molecular formula is C8H10N4. The standard InChI is InChI=1S/C8H10N4/c9-6-1-2-8-7(5-6)11-3-4-12(8)10/h1-5,11H,9-10H2. The number of hydrogen-bond acceptors (Lipinski definition) is 4. The number of rotatable bonds is 0. The van der Waals surface area contributed by atoms with E-state index in [0.29, 0.717) is 0 Å². The molecule has 0 amide bonds. The van der Waals surface area contributed by atoms with Crippen LogP contribution in [0.25, 0.3) is 0 Å². The van der Waals surface area contributed by atoms with Gasteiger partial charge in [-0.05, 0) is 18.2 Å². The van der Waals surface area contributed by atoms with E-state index in [4.69, 9.17) is 11.6 Å². The third-order valence-corrected chi connectivity index (χ3v) is 1.77. The minimum Gasteiger partial charge on any atom is -0.399 e. The summed E-state index contributed by atoms with van der Waals surface area (Å²) in [6.45, 7) is 0. The van der Waals surface area contributed by atoms with Crippen molar-refractivity contribution in [3.63, 3.8) is 0 Å². The van der Waals surface area contributed by atoms with E-state index in [1.807, 2.05) is 18.2 Å². The van der Waals surface area contributed by atoms with Crippen molar-refractivity contribution < 1.29 is 0 Å². The van der Waals surface area contributed by atoms with Crippen molar-refractivity contribution in [2.24, 2.45) is 5.84 Å². The molecule has 0 spiro atoms. The molecule has 1 aliphatic heterocycles. The van der Waals surface area contributed by atoms with E-state index in [0.717, 1.165) is 17.1 Å². The summed E-state index contributed by atoms with van der Waals surface area (Å²) < 4.78 is 0. The van der Waals surface area contributed by atoms with Crippen LogP contribution in [0.1, 0.15) is 0 Å². The summed E-state index contributed by atoms with van der Waals surface area (Å²) in [5.41, 5.74) is 8.18. The highest BCUT2D eigenvalue weighted by Gasteiger charge is 2.08. The number of nitrogens with one attached hydrogen (secondary N) is 1. The van der Waals surface area contributed by atoms with E-state index < -0.39 is 0 Å². The van der Waals surface area contributed by atoms with Crippen LogP contribution in [0.3, 0.4) is 0 Å². The minimum absolute atomic E-state index is 0.727. The van der Waals surface area contributed by atoms with E-state index in [9.17, 15) is 0 Å². The first kappa shape index (κ1) is 7.00. The van der Waals surface area contributed by atoms with Crippen LogP contribution in [0.4, 0.5) is 17.1 Å². The summed E-state index contributed by atoms with van der Waals surface area (Å²) in [6, 6.07) is 5.54. The van der Waals surface area contributed by atoms with Gasteiger partial charge in [0.25, 0.3) is 0 Å². The second kappa shape index (κ2) is 2.42. The second-order valence-electron chi connectivity index (χ2n) is 2.64. The molecule has 2 rings (SSSR count). The molecule has 0 bridgehead atoms. The fourth-order valence-corrected chi connectivity index (χ4v) is 1.18. The van der Waals surface area contributed by atoms with Crippen molar-refractivity contribution in [2.75, 3.05) is 16.1 Å². The maximum Gasteiger partial charge on any atom is 0.0805 e. The minimum atomic E-state index is 0.727. The van der Waals surface area contributed by atoms with E-state index in [-0.39, 0.29) is 0 Å². The van der Waals surface area contributed by atoms with Crippen LogP contribution in [0.2, 0.25) is 0 Å². The van der Waals surface area contributed by atoms with Crippen LogP contribution >= 0.6 is 0 Å². The van der Waals surface area contributed by atoms with Crippen molar-refractivity contribution in [1.29, 1.82) is 0 Å². The first-order chi connectivity index (χ1) is 5.77. The van der Waals surface area contributed by atoms with Crippen molar-refractivity contribution in [3.05, 3.63) is 30.6 Å². The maximum absolute atomic E-state index is 5.66.